The largest absolute Gasteiger partial charge is 0.423 e. The molecule has 8 nitrogen and oxygen atoms in total. The molecule has 0 bridgehead atoms. The maximum absolute atomic E-state index is 12.9. The van der Waals surface area contributed by atoms with E-state index in [2.05, 4.69) is 57.5 Å². The molecule has 0 saturated heterocycles. The number of rotatable bonds is 20. The van der Waals surface area contributed by atoms with Crippen LogP contribution in [0, 0.1) is 23.7 Å². The van der Waals surface area contributed by atoms with Gasteiger partial charge < -0.3 is 9.47 Å². The van der Waals surface area contributed by atoms with Crippen LogP contribution >= 0.6 is 0 Å². The van der Waals surface area contributed by atoms with Crippen LogP contribution in [0.4, 0.5) is 0 Å². The van der Waals surface area contributed by atoms with Crippen LogP contribution < -0.4 is 9.47 Å². The van der Waals surface area contributed by atoms with Crippen LogP contribution in [-0.4, -0.2) is 31.9 Å². The normalized spacial score (nSPS) is 10.6. The molecule has 0 aliphatic heterocycles. The average Bonchev–Trinajstić information content (AvgIpc) is 3.38. The highest BCUT2D eigenvalue weighted by atomic mass is 16.5. The molecule has 5 aromatic carbocycles. The first-order valence-electron chi connectivity index (χ1n) is 24.0. The van der Waals surface area contributed by atoms with Crippen molar-refractivity contribution in [2.75, 3.05) is 0 Å². The Kier molecular flexibility index (Phi) is 18.4. The van der Waals surface area contributed by atoms with Crippen molar-refractivity contribution in [3.63, 3.8) is 0 Å². The number of benzene rings is 5. The molecule has 0 unspecified atom stereocenters. The first kappa shape index (κ1) is 48.3. The zero-order valence-electron chi connectivity index (χ0n) is 39.2. The van der Waals surface area contributed by atoms with E-state index in [9.17, 15) is 9.59 Å². The van der Waals surface area contributed by atoms with E-state index in [0.717, 1.165) is 70.2 Å². The molecular formula is C60H58N4O4. The monoisotopic (exact) mass is 898 g/mol. The fourth-order valence-corrected chi connectivity index (χ4v) is 7.50. The van der Waals surface area contributed by atoms with Gasteiger partial charge in [0.1, 0.15) is 11.5 Å². The molecule has 7 aromatic rings. The van der Waals surface area contributed by atoms with Gasteiger partial charge in [-0.2, -0.15) is 0 Å². The second-order valence-corrected chi connectivity index (χ2v) is 16.9. The Bertz CT molecular complexity index is 2620. The van der Waals surface area contributed by atoms with Crippen LogP contribution in [0.1, 0.15) is 145 Å². The number of unbranched alkanes of at least 4 members (excludes halogenated alkanes) is 10. The van der Waals surface area contributed by atoms with E-state index >= 15 is 0 Å². The van der Waals surface area contributed by atoms with Crippen LogP contribution in [0.2, 0.25) is 0 Å². The Hall–Kier alpha value is -7.68. The van der Waals surface area contributed by atoms with E-state index in [4.69, 9.17) is 9.47 Å². The molecule has 0 fully saturated rings. The second-order valence-electron chi connectivity index (χ2n) is 16.9. The Morgan fingerprint density at radius 3 is 1.15 bits per heavy atom. The zero-order valence-corrected chi connectivity index (χ0v) is 39.2. The Morgan fingerprint density at radius 1 is 0.412 bits per heavy atom. The lowest BCUT2D eigenvalue weighted by Crippen LogP contribution is -2.08. The third-order valence-corrected chi connectivity index (χ3v) is 11.5. The lowest BCUT2D eigenvalue weighted by molar-refractivity contribution is 0.0725. The molecule has 0 amide bonds. The first-order valence-corrected chi connectivity index (χ1v) is 24.0. The Balaban J connectivity index is 0.849. The van der Waals surface area contributed by atoms with Crippen molar-refractivity contribution in [2.45, 2.75) is 104 Å². The molecule has 2 aromatic heterocycles. The molecule has 8 heteroatoms. The molecule has 0 radical (unpaired) electrons. The van der Waals surface area contributed by atoms with Gasteiger partial charge in [0.15, 0.2) is 11.6 Å². The van der Waals surface area contributed by atoms with Gasteiger partial charge in [-0.05, 0) is 128 Å². The van der Waals surface area contributed by atoms with Crippen molar-refractivity contribution in [1.82, 2.24) is 19.9 Å². The van der Waals surface area contributed by atoms with Crippen molar-refractivity contribution in [3.8, 4) is 58.0 Å². The molecule has 2 heterocycles. The molecule has 0 atom stereocenters. The van der Waals surface area contributed by atoms with Crippen molar-refractivity contribution in [1.29, 1.82) is 0 Å². The molecule has 0 saturated carbocycles. The van der Waals surface area contributed by atoms with Gasteiger partial charge in [0, 0.05) is 58.2 Å². The molecule has 0 aliphatic rings. The van der Waals surface area contributed by atoms with Crippen LogP contribution in [0.25, 0.3) is 22.8 Å². The quantitative estimate of drug-likeness (QED) is 0.0322. The number of hydrogen-bond acceptors (Lipinski definition) is 8. The topological polar surface area (TPSA) is 104 Å². The van der Waals surface area contributed by atoms with Gasteiger partial charge in [0.2, 0.25) is 0 Å². The van der Waals surface area contributed by atoms with Crippen LogP contribution in [-0.2, 0) is 12.8 Å². The predicted octanol–water partition coefficient (Wildman–Crippen LogP) is 13.6. The number of hydrogen-bond donors (Lipinski definition) is 0. The molecule has 0 aliphatic carbocycles. The van der Waals surface area contributed by atoms with Gasteiger partial charge in [-0.3, -0.25) is 0 Å². The van der Waals surface area contributed by atoms with Crippen LogP contribution in [0.3, 0.4) is 0 Å². The van der Waals surface area contributed by atoms with E-state index < -0.39 is 11.9 Å². The second kappa shape index (κ2) is 25.9. The smallest absolute Gasteiger partial charge is 0.343 e. The summed E-state index contributed by atoms with van der Waals surface area (Å²) in [6, 6.07) is 36.2. The van der Waals surface area contributed by atoms with Crippen LogP contribution in [0.5, 0.6) is 11.5 Å². The predicted molar refractivity (Wildman–Crippen MR) is 270 cm³/mol. The van der Waals surface area contributed by atoms with E-state index in [1.54, 1.807) is 48.5 Å². The summed E-state index contributed by atoms with van der Waals surface area (Å²) in [6.07, 6.45) is 24.7. The minimum atomic E-state index is -0.452. The molecule has 68 heavy (non-hydrogen) atoms. The SMILES string of the molecule is CCCCCCCCc1cnc(-c2ccc(C(=O)Oc3ccc(C#Cc4cccc(C#Cc5ccc(OC(=O)c6ccc(-c7ncc(CCCCCCCC)cn7)cc6)cc5)c4)cc3)cc2)nc1. The van der Waals surface area contributed by atoms with Gasteiger partial charge in [-0.1, -0.05) is 132 Å². The van der Waals surface area contributed by atoms with Gasteiger partial charge >= 0.3 is 11.9 Å². The summed E-state index contributed by atoms with van der Waals surface area (Å²) in [7, 11) is 0. The van der Waals surface area contributed by atoms with Gasteiger partial charge in [0.05, 0.1) is 11.1 Å². The highest BCUT2D eigenvalue weighted by Gasteiger charge is 2.12. The summed E-state index contributed by atoms with van der Waals surface area (Å²) in [5.74, 6) is 14.0. The maximum Gasteiger partial charge on any atom is 0.343 e. The highest BCUT2D eigenvalue weighted by Crippen LogP contribution is 2.21. The van der Waals surface area contributed by atoms with Crippen molar-refractivity contribution >= 4 is 11.9 Å². The number of nitrogens with zero attached hydrogens (tertiary/aromatic N) is 4. The third-order valence-electron chi connectivity index (χ3n) is 11.5. The summed E-state index contributed by atoms with van der Waals surface area (Å²) in [5.41, 5.74) is 8.00. The fraction of sp³-hybridized carbons (Fsp3) is 0.267. The standard InChI is InChI=1S/C60H58N4O4/c1-3-5-7-9-11-13-16-49-41-61-57(62-42-49)51-28-32-53(33-29-51)59(65)67-55-36-24-45(25-37-55)20-22-47-18-15-19-48(40-47)23-21-46-26-38-56(39-27-46)68-60(66)54-34-30-52(31-35-54)58-63-43-50(44-64-58)17-14-12-10-8-6-4-2/h15,18-19,24-44H,3-14,16-17H2,1-2H3. The lowest BCUT2D eigenvalue weighted by Gasteiger charge is -2.06. The van der Waals surface area contributed by atoms with E-state index in [1.807, 2.05) is 97.6 Å². The van der Waals surface area contributed by atoms with E-state index in [-0.39, 0.29) is 0 Å². The van der Waals surface area contributed by atoms with Crippen molar-refractivity contribution in [3.05, 3.63) is 191 Å². The van der Waals surface area contributed by atoms with Gasteiger partial charge in [0.25, 0.3) is 0 Å². The van der Waals surface area contributed by atoms with Crippen molar-refractivity contribution < 1.29 is 19.1 Å². The third kappa shape index (κ3) is 15.2. The van der Waals surface area contributed by atoms with E-state index in [1.165, 1.54) is 64.2 Å². The molecule has 0 N–H and O–H groups in total. The Labute approximate surface area is 401 Å². The summed E-state index contributed by atoms with van der Waals surface area (Å²) in [4.78, 5) is 44.1. The number of aromatic nitrogens is 4. The molecule has 342 valence electrons. The van der Waals surface area contributed by atoms with E-state index in [0.29, 0.717) is 34.3 Å². The number of ether oxygens (including phenoxy) is 2. The first-order chi connectivity index (χ1) is 33.4. The summed E-state index contributed by atoms with van der Waals surface area (Å²) in [5, 5.41) is 0. The lowest BCUT2D eigenvalue weighted by atomic mass is 10.1. The van der Waals surface area contributed by atoms with Gasteiger partial charge in [-0.15, -0.1) is 0 Å². The zero-order chi connectivity index (χ0) is 47.2. The average molecular weight is 899 g/mol. The van der Waals surface area contributed by atoms with Crippen LogP contribution in [0.15, 0.2) is 146 Å². The summed E-state index contributed by atoms with van der Waals surface area (Å²) in [6.45, 7) is 4.47. The van der Waals surface area contributed by atoms with Crippen molar-refractivity contribution in [2.24, 2.45) is 0 Å². The molecule has 7 rings (SSSR count). The fourth-order valence-electron chi connectivity index (χ4n) is 7.50. The highest BCUT2D eigenvalue weighted by molar-refractivity contribution is 5.92. The maximum atomic E-state index is 12.9. The number of carbonyl (C=O) groups is 2. The minimum Gasteiger partial charge on any atom is -0.423 e. The number of esters is 2. The number of aryl methyl sites for hydroxylation is 2. The summed E-state index contributed by atoms with van der Waals surface area (Å²) >= 11 is 0. The Morgan fingerprint density at radius 2 is 0.765 bits per heavy atom. The molecular weight excluding hydrogens is 841 g/mol. The van der Waals surface area contributed by atoms with Gasteiger partial charge in [-0.25, -0.2) is 29.5 Å². The molecule has 0 spiro atoms. The number of carbonyl (C=O) groups excluding carboxylic acids is 2. The minimum absolute atomic E-state index is 0.425. The summed E-state index contributed by atoms with van der Waals surface area (Å²) < 4.78 is 11.3.